The van der Waals surface area contributed by atoms with Gasteiger partial charge in [0.2, 0.25) is 0 Å². The summed E-state index contributed by atoms with van der Waals surface area (Å²) < 4.78 is 74.8. The van der Waals surface area contributed by atoms with Crippen molar-refractivity contribution in [2.24, 2.45) is 0 Å². The van der Waals surface area contributed by atoms with Crippen LogP contribution in [0.5, 0.6) is 0 Å². The van der Waals surface area contributed by atoms with E-state index >= 15 is 0 Å². The van der Waals surface area contributed by atoms with Crippen molar-refractivity contribution in [2.45, 2.75) is 17.2 Å². The van der Waals surface area contributed by atoms with Crippen LogP contribution < -0.4 is 0 Å². The van der Waals surface area contributed by atoms with Gasteiger partial charge in [-0.25, -0.2) is 0 Å². The van der Waals surface area contributed by atoms with Crippen molar-refractivity contribution >= 4 is 35.8 Å². The third-order valence-corrected chi connectivity index (χ3v) is 2.82. The van der Waals surface area contributed by atoms with Gasteiger partial charge in [-0.3, -0.25) is 0 Å². The second-order valence-corrected chi connectivity index (χ2v) is 4.20. The van der Waals surface area contributed by atoms with E-state index in [4.69, 9.17) is 23.2 Å². The van der Waals surface area contributed by atoms with Crippen LogP contribution in [0.2, 0.25) is 10.0 Å². The fraction of sp³-hybridized carbons (Fsp3) is 0.250. The summed E-state index contributed by atoms with van der Waals surface area (Å²) in [4.78, 5) is -1.33. The number of alkyl halides is 6. The van der Waals surface area contributed by atoms with Gasteiger partial charge in [0, 0.05) is 4.90 Å². The molecule has 0 heterocycles. The maximum atomic E-state index is 12.5. The van der Waals surface area contributed by atoms with Gasteiger partial charge >= 0.3 is 12.4 Å². The molecule has 0 aliphatic heterocycles. The van der Waals surface area contributed by atoms with Crippen LogP contribution in [0.15, 0.2) is 11.0 Å². The molecule has 0 atom stereocenters. The number of rotatable bonds is 0. The molecular formula is C8H2Cl2F6S. The first-order chi connectivity index (χ1) is 7.46. The van der Waals surface area contributed by atoms with Crippen molar-refractivity contribution in [1.29, 1.82) is 0 Å². The van der Waals surface area contributed by atoms with E-state index in [1.807, 2.05) is 0 Å². The standard InChI is InChI=1S/C8H2Cl2F6S/c9-2-1-3(10)5(8(14,15)16)6(17)4(2)7(11,12)13/h1,17H. The second-order valence-electron chi connectivity index (χ2n) is 2.93. The van der Waals surface area contributed by atoms with Crippen LogP contribution in [-0.2, 0) is 12.4 Å². The van der Waals surface area contributed by atoms with E-state index in [1.54, 1.807) is 0 Å². The highest BCUT2D eigenvalue weighted by molar-refractivity contribution is 7.80. The molecule has 0 radical (unpaired) electrons. The lowest BCUT2D eigenvalue weighted by molar-refractivity contribution is -0.147. The van der Waals surface area contributed by atoms with Crippen LogP contribution in [0.3, 0.4) is 0 Å². The van der Waals surface area contributed by atoms with Crippen molar-refractivity contribution < 1.29 is 26.3 Å². The first-order valence-corrected chi connectivity index (χ1v) is 5.02. The van der Waals surface area contributed by atoms with Crippen molar-refractivity contribution in [3.05, 3.63) is 27.2 Å². The predicted molar refractivity (Wildman–Crippen MR) is 53.7 cm³/mol. The Kier molecular flexibility index (Phi) is 3.86. The van der Waals surface area contributed by atoms with Gasteiger partial charge in [0.1, 0.15) is 0 Å². The SMILES string of the molecule is FC(F)(F)c1c(Cl)cc(Cl)c(C(F)(F)F)c1S. The highest BCUT2D eigenvalue weighted by Crippen LogP contribution is 2.47. The molecule has 0 spiro atoms. The fourth-order valence-electron chi connectivity index (χ4n) is 1.15. The van der Waals surface area contributed by atoms with E-state index in [2.05, 4.69) is 12.6 Å². The Balaban J connectivity index is 3.67. The van der Waals surface area contributed by atoms with Gasteiger partial charge < -0.3 is 0 Å². The van der Waals surface area contributed by atoms with E-state index in [0.29, 0.717) is 6.07 Å². The van der Waals surface area contributed by atoms with E-state index in [9.17, 15) is 26.3 Å². The highest BCUT2D eigenvalue weighted by atomic mass is 35.5. The molecule has 0 unspecified atom stereocenters. The summed E-state index contributed by atoms with van der Waals surface area (Å²) in [7, 11) is 0. The number of thiol groups is 1. The maximum Gasteiger partial charge on any atom is 0.418 e. The molecule has 0 nitrogen and oxygen atoms in total. The number of hydrogen-bond acceptors (Lipinski definition) is 1. The Labute approximate surface area is 107 Å². The molecule has 0 saturated heterocycles. The molecule has 0 fully saturated rings. The van der Waals surface area contributed by atoms with Gasteiger partial charge in [-0.2, -0.15) is 26.3 Å². The minimum Gasteiger partial charge on any atom is -0.166 e. The predicted octanol–water partition coefficient (Wildman–Crippen LogP) is 5.32. The molecule has 96 valence electrons. The Morgan fingerprint density at radius 2 is 1.12 bits per heavy atom. The second kappa shape index (κ2) is 4.44. The Hall–Kier alpha value is -0.270. The first kappa shape index (κ1) is 14.8. The van der Waals surface area contributed by atoms with Gasteiger partial charge in [0.15, 0.2) is 0 Å². The molecule has 1 rings (SSSR count). The largest absolute Gasteiger partial charge is 0.418 e. The third-order valence-electron chi connectivity index (χ3n) is 1.77. The van der Waals surface area contributed by atoms with Crippen LogP contribution in [0, 0.1) is 0 Å². The van der Waals surface area contributed by atoms with Crippen molar-refractivity contribution in [3.63, 3.8) is 0 Å². The fourth-order valence-corrected chi connectivity index (χ4v) is 2.45. The van der Waals surface area contributed by atoms with Crippen LogP contribution in [-0.4, -0.2) is 0 Å². The van der Waals surface area contributed by atoms with E-state index in [1.165, 1.54) is 0 Å². The molecule has 0 aromatic heterocycles. The lowest BCUT2D eigenvalue weighted by atomic mass is 10.1. The van der Waals surface area contributed by atoms with Crippen molar-refractivity contribution in [2.75, 3.05) is 0 Å². The molecule has 0 bridgehead atoms. The van der Waals surface area contributed by atoms with Gasteiger partial charge in [0.05, 0.1) is 21.2 Å². The molecule has 1 aromatic carbocycles. The van der Waals surface area contributed by atoms with Crippen LogP contribution in [0.25, 0.3) is 0 Å². The molecule has 0 saturated carbocycles. The average Bonchev–Trinajstić information content (AvgIpc) is 1.94. The van der Waals surface area contributed by atoms with Crippen LogP contribution in [0.4, 0.5) is 26.3 Å². The lowest BCUT2D eigenvalue weighted by Crippen LogP contribution is -2.14. The summed E-state index contributed by atoms with van der Waals surface area (Å²) in [6.07, 6.45) is -10.1. The Morgan fingerprint density at radius 1 is 0.824 bits per heavy atom. The van der Waals surface area contributed by atoms with Gasteiger partial charge in [-0.05, 0) is 6.07 Å². The van der Waals surface area contributed by atoms with Gasteiger partial charge in [-0.15, -0.1) is 12.6 Å². The lowest BCUT2D eigenvalue weighted by Gasteiger charge is -2.18. The molecule has 1 aromatic rings. The molecule has 0 amide bonds. The van der Waals surface area contributed by atoms with Crippen molar-refractivity contribution in [3.8, 4) is 0 Å². The first-order valence-electron chi connectivity index (χ1n) is 3.81. The summed E-state index contributed by atoms with van der Waals surface area (Å²) in [5, 5.41) is -1.86. The van der Waals surface area contributed by atoms with Gasteiger partial charge in [-0.1, -0.05) is 23.2 Å². The van der Waals surface area contributed by atoms with E-state index < -0.39 is 38.4 Å². The summed E-state index contributed by atoms with van der Waals surface area (Å²) in [6, 6.07) is 0.397. The summed E-state index contributed by atoms with van der Waals surface area (Å²) >= 11 is 13.7. The van der Waals surface area contributed by atoms with E-state index in [0.717, 1.165) is 0 Å². The van der Waals surface area contributed by atoms with Crippen LogP contribution >= 0.6 is 35.8 Å². The Bertz CT molecular complexity index is 413. The third kappa shape index (κ3) is 2.95. The normalized spacial score (nSPS) is 13.0. The summed E-state index contributed by atoms with van der Waals surface area (Å²) in [5.41, 5.74) is -3.31. The zero-order valence-electron chi connectivity index (χ0n) is 7.55. The number of benzene rings is 1. The topological polar surface area (TPSA) is 0 Å². The maximum absolute atomic E-state index is 12.5. The summed E-state index contributed by atoms with van der Waals surface area (Å²) in [6.45, 7) is 0. The molecular weight excluding hydrogens is 313 g/mol. The average molecular weight is 315 g/mol. The van der Waals surface area contributed by atoms with E-state index in [-0.39, 0.29) is 0 Å². The molecule has 17 heavy (non-hydrogen) atoms. The summed E-state index contributed by atoms with van der Waals surface area (Å²) in [5.74, 6) is 0. The molecule has 9 heteroatoms. The monoisotopic (exact) mass is 314 g/mol. The molecule has 0 aliphatic rings. The zero-order chi connectivity index (χ0) is 13.6. The Morgan fingerprint density at radius 3 is 1.35 bits per heavy atom. The highest BCUT2D eigenvalue weighted by Gasteiger charge is 2.43. The molecule has 0 N–H and O–H groups in total. The zero-order valence-corrected chi connectivity index (χ0v) is 9.95. The number of halogens is 8. The molecule has 0 aliphatic carbocycles. The van der Waals surface area contributed by atoms with Crippen molar-refractivity contribution in [1.82, 2.24) is 0 Å². The van der Waals surface area contributed by atoms with Crippen LogP contribution in [0.1, 0.15) is 11.1 Å². The smallest absolute Gasteiger partial charge is 0.166 e. The number of hydrogen-bond donors (Lipinski definition) is 1. The minimum absolute atomic E-state index is 0.397. The van der Waals surface area contributed by atoms with Gasteiger partial charge in [0.25, 0.3) is 0 Å². The minimum atomic E-state index is -5.04. The quantitative estimate of drug-likeness (QED) is 0.486.